The molecule has 3 heterocycles. The number of imidazole rings is 1. The summed E-state index contributed by atoms with van der Waals surface area (Å²) in [5, 5.41) is 2.90. The SMILES string of the molecule is Cc1cc2c(nc1NC(=O)CC(C)(C)C)CCCN2Cc1cn(C)c(C(F)(F)F)n1. The molecule has 0 fully saturated rings. The monoisotopic (exact) mass is 423 g/mol. The van der Waals surface area contributed by atoms with Crippen molar-refractivity contribution in [1.82, 2.24) is 14.5 Å². The molecule has 0 unspecified atom stereocenters. The van der Waals surface area contributed by atoms with Gasteiger partial charge in [-0.3, -0.25) is 4.79 Å². The summed E-state index contributed by atoms with van der Waals surface area (Å²) in [5.41, 5.74) is 2.77. The summed E-state index contributed by atoms with van der Waals surface area (Å²) in [5.74, 6) is -0.443. The highest BCUT2D eigenvalue weighted by atomic mass is 19.4. The Morgan fingerprint density at radius 3 is 2.53 bits per heavy atom. The number of halogens is 3. The third-order valence-electron chi connectivity index (χ3n) is 4.93. The van der Waals surface area contributed by atoms with Crippen LogP contribution in [0.15, 0.2) is 12.3 Å². The van der Waals surface area contributed by atoms with Gasteiger partial charge in [0.05, 0.1) is 23.6 Å². The summed E-state index contributed by atoms with van der Waals surface area (Å²) < 4.78 is 40.1. The Kier molecular flexibility index (Phi) is 5.84. The fraction of sp³-hybridized carbons (Fsp3) is 0.571. The predicted octanol–water partition coefficient (Wildman–Crippen LogP) is 4.47. The Bertz CT molecular complexity index is 943. The lowest BCUT2D eigenvalue weighted by atomic mass is 9.92. The van der Waals surface area contributed by atoms with Gasteiger partial charge < -0.3 is 14.8 Å². The maximum atomic E-state index is 13.0. The molecule has 1 aliphatic heterocycles. The third kappa shape index (κ3) is 5.12. The van der Waals surface area contributed by atoms with Crippen LogP contribution in [-0.4, -0.2) is 27.0 Å². The zero-order valence-corrected chi connectivity index (χ0v) is 18.0. The van der Waals surface area contributed by atoms with Gasteiger partial charge in [-0.25, -0.2) is 9.97 Å². The van der Waals surface area contributed by atoms with Gasteiger partial charge in [-0.1, -0.05) is 20.8 Å². The van der Waals surface area contributed by atoms with Crippen molar-refractivity contribution in [2.75, 3.05) is 16.8 Å². The van der Waals surface area contributed by atoms with Crippen molar-refractivity contribution in [1.29, 1.82) is 0 Å². The molecule has 0 saturated carbocycles. The largest absolute Gasteiger partial charge is 0.449 e. The molecule has 0 atom stereocenters. The molecule has 0 aliphatic carbocycles. The summed E-state index contributed by atoms with van der Waals surface area (Å²) in [6, 6.07) is 1.95. The lowest BCUT2D eigenvalue weighted by Crippen LogP contribution is -2.30. The number of carbonyl (C=O) groups is 1. The van der Waals surface area contributed by atoms with Gasteiger partial charge in [0, 0.05) is 26.2 Å². The van der Waals surface area contributed by atoms with Crippen molar-refractivity contribution in [2.45, 2.75) is 59.7 Å². The second-order valence-electron chi connectivity index (χ2n) is 9.09. The number of aromatic nitrogens is 3. The zero-order chi connectivity index (χ0) is 22.3. The topological polar surface area (TPSA) is 63.1 Å². The highest BCUT2D eigenvalue weighted by Gasteiger charge is 2.36. The molecule has 0 spiro atoms. The van der Waals surface area contributed by atoms with Gasteiger partial charge in [0.25, 0.3) is 0 Å². The molecule has 6 nitrogen and oxygen atoms in total. The fourth-order valence-corrected chi connectivity index (χ4v) is 3.66. The average Bonchev–Trinajstić information content (AvgIpc) is 2.95. The highest BCUT2D eigenvalue weighted by molar-refractivity contribution is 5.91. The number of carbonyl (C=O) groups excluding carboxylic acids is 1. The van der Waals surface area contributed by atoms with Crippen LogP contribution < -0.4 is 10.2 Å². The molecule has 30 heavy (non-hydrogen) atoms. The number of pyridine rings is 1. The molecule has 9 heteroatoms. The molecule has 3 rings (SSSR count). The molecule has 0 bridgehead atoms. The molecule has 2 aromatic rings. The minimum atomic E-state index is -4.48. The van der Waals surface area contributed by atoms with Crippen LogP contribution in [0.4, 0.5) is 24.7 Å². The summed E-state index contributed by atoms with van der Waals surface area (Å²) in [4.78, 5) is 22.7. The molecule has 0 radical (unpaired) electrons. The summed E-state index contributed by atoms with van der Waals surface area (Å²) in [7, 11) is 1.35. The summed E-state index contributed by atoms with van der Waals surface area (Å²) >= 11 is 0. The van der Waals surface area contributed by atoms with Crippen molar-refractivity contribution in [3.05, 3.63) is 35.0 Å². The first-order valence-corrected chi connectivity index (χ1v) is 9.98. The molecule has 1 N–H and O–H groups in total. The van der Waals surface area contributed by atoms with E-state index in [9.17, 15) is 18.0 Å². The standard InChI is InChI=1S/C21H28F3N5O/c1-13-9-16-15(26-18(13)27-17(30)10-20(2,3)4)7-6-8-29(16)12-14-11-28(5)19(25-14)21(22,23)24/h9,11H,6-8,10,12H2,1-5H3,(H,26,27,30). The van der Waals surface area contributed by atoms with Crippen LogP contribution in [0, 0.1) is 12.3 Å². The van der Waals surface area contributed by atoms with E-state index >= 15 is 0 Å². The Balaban J connectivity index is 1.81. The summed E-state index contributed by atoms with van der Waals surface area (Å²) in [6.07, 6.45) is -1.09. The van der Waals surface area contributed by atoms with Crippen LogP contribution in [-0.2, 0) is 31.0 Å². The number of fused-ring (bicyclic) bond motifs is 1. The van der Waals surface area contributed by atoms with Crippen LogP contribution in [0.1, 0.15) is 56.4 Å². The average molecular weight is 423 g/mol. The molecule has 1 aliphatic rings. The molecule has 0 saturated heterocycles. The van der Waals surface area contributed by atoms with Gasteiger partial charge in [0.1, 0.15) is 5.82 Å². The fourth-order valence-electron chi connectivity index (χ4n) is 3.66. The van der Waals surface area contributed by atoms with Crippen molar-refractivity contribution in [3.63, 3.8) is 0 Å². The van der Waals surface area contributed by atoms with Crippen molar-refractivity contribution < 1.29 is 18.0 Å². The molecule has 164 valence electrons. The van der Waals surface area contributed by atoms with E-state index in [1.165, 1.54) is 13.2 Å². The molecule has 0 aromatic carbocycles. The van der Waals surface area contributed by atoms with E-state index in [-0.39, 0.29) is 17.9 Å². The molecular formula is C21H28F3N5O. The number of aryl methyl sites for hydroxylation is 3. The Morgan fingerprint density at radius 2 is 1.93 bits per heavy atom. The number of anilines is 2. The number of nitrogens with one attached hydrogen (secondary N) is 1. The van der Waals surface area contributed by atoms with Crippen LogP contribution >= 0.6 is 0 Å². The number of nitrogens with zero attached hydrogens (tertiary/aromatic N) is 4. The van der Waals surface area contributed by atoms with Crippen molar-refractivity contribution in [3.8, 4) is 0 Å². The first kappa shape index (κ1) is 22.1. The minimum absolute atomic E-state index is 0.0844. The molecule has 2 aromatic heterocycles. The number of hydrogen-bond donors (Lipinski definition) is 1. The van der Waals surface area contributed by atoms with E-state index in [2.05, 4.69) is 15.3 Å². The van der Waals surface area contributed by atoms with Gasteiger partial charge in [-0.2, -0.15) is 13.2 Å². The normalized spacial score (nSPS) is 14.6. The number of rotatable bonds is 4. The minimum Gasteiger partial charge on any atom is -0.364 e. The van der Waals surface area contributed by atoms with E-state index in [1.54, 1.807) is 0 Å². The third-order valence-corrected chi connectivity index (χ3v) is 4.93. The quantitative estimate of drug-likeness (QED) is 0.788. The highest BCUT2D eigenvalue weighted by Crippen LogP contribution is 2.32. The first-order chi connectivity index (χ1) is 13.8. The predicted molar refractivity (Wildman–Crippen MR) is 109 cm³/mol. The number of hydrogen-bond acceptors (Lipinski definition) is 4. The van der Waals surface area contributed by atoms with Crippen LogP contribution in [0.25, 0.3) is 0 Å². The van der Waals surface area contributed by atoms with Crippen molar-refractivity contribution in [2.24, 2.45) is 12.5 Å². The van der Waals surface area contributed by atoms with Gasteiger partial charge in [0.2, 0.25) is 11.7 Å². The van der Waals surface area contributed by atoms with Crippen LogP contribution in [0.2, 0.25) is 0 Å². The van der Waals surface area contributed by atoms with Gasteiger partial charge in [-0.15, -0.1) is 0 Å². The van der Waals surface area contributed by atoms with E-state index in [0.29, 0.717) is 24.5 Å². The second-order valence-corrected chi connectivity index (χ2v) is 9.09. The van der Waals surface area contributed by atoms with E-state index in [0.717, 1.165) is 34.4 Å². The Morgan fingerprint density at radius 1 is 1.23 bits per heavy atom. The lowest BCUT2D eigenvalue weighted by molar-refractivity contribution is -0.146. The Hall–Kier alpha value is -2.58. The lowest BCUT2D eigenvalue weighted by Gasteiger charge is -2.31. The zero-order valence-electron chi connectivity index (χ0n) is 18.0. The number of amides is 1. The molecular weight excluding hydrogens is 395 g/mol. The van der Waals surface area contributed by atoms with Crippen LogP contribution in [0.3, 0.4) is 0 Å². The van der Waals surface area contributed by atoms with E-state index < -0.39 is 12.0 Å². The van der Waals surface area contributed by atoms with Gasteiger partial charge >= 0.3 is 6.18 Å². The smallest absolute Gasteiger partial charge is 0.364 e. The van der Waals surface area contributed by atoms with E-state index in [1.807, 2.05) is 38.7 Å². The maximum Gasteiger partial charge on any atom is 0.449 e. The molecule has 1 amide bonds. The van der Waals surface area contributed by atoms with Gasteiger partial charge in [-0.05, 0) is 36.8 Å². The van der Waals surface area contributed by atoms with Gasteiger partial charge in [0.15, 0.2) is 0 Å². The van der Waals surface area contributed by atoms with Crippen molar-refractivity contribution >= 4 is 17.4 Å². The maximum absolute atomic E-state index is 13.0. The number of alkyl halides is 3. The Labute approximate surface area is 174 Å². The van der Waals surface area contributed by atoms with Crippen LogP contribution in [0.5, 0.6) is 0 Å². The van der Waals surface area contributed by atoms with E-state index in [4.69, 9.17) is 0 Å². The first-order valence-electron chi connectivity index (χ1n) is 9.98. The summed E-state index contributed by atoms with van der Waals surface area (Å²) in [6.45, 7) is 8.85. The second kappa shape index (κ2) is 7.92.